The quantitative estimate of drug-likeness (QED) is 0.604. The predicted octanol–water partition coefficient (Wildman–Crippen LogP) is 2.25. The first-order chi connectivity index (χ1) is 11.7. The minimum atomic E-state index is -4.26. The van der Waals surface area contributed by atoms with Gasteiger partial charge in [-0.1, -0.05) is 6.07 Å². The maximum Gasteiger partial charge on any atom is 0.401 e. The third-order valence-corrected chi connectivity index (χ3v) is 3.84. The van der Waals surface area contributed by atoms with E-state index >= 15 is 0 Å². The Hall–Kier alpha value is -2.16. The summed E-state index contributed by atoms with van der Waals surface area (Å²) >= 11 is 0. The van der Waals surface area contributed by atoms with Crippen LogP contribution < -0.4 is 10.6 Å². The van der Waals surface area contributed by atoms with Gasteiger partial charge in [0.15, 0.2) is 0 Å². The first kappa shape index (κ1) is 19.2. The third kappa shape index (κ3) is 5.70. The molecule has 9 heteroatoms. The summed E-state index contributed by atoms with van der Waals surface area (Å²) in [5, 5.41) is 5.14. The van der Waals surface area contributed by atoms with Crippen LogP contribution in [0.25, 0.3) is 0 Å². The molecule has 138 valence electrons. The second-order valence-electron chi connectivity index (χ2n) is 6.03. The lowest BCUT2D eigenvalue weighted by atomic mass is 9.89. The average Bonchev–Trinajstić information content (AvgIpc) is 2.48. The molecule has 5 nitrogen and oxygen atoms in total. The Bertz CT molecular complexity index is 649. The summed E-state index contributed by atoms with van der Waals surface area (Å²) in [6.45, 7) is -0.648. The number of nitrogens with zero attached hydrogens (tertiary/aromatic N) is 1. The summed E-state index contributed by atoms with van der Waals surface area (Å²) < 4.78 is 49.9. The van der Waals surface area contributed by atoms with Crippen molar-refractivity contribution in [1.82, 2.24) is 10.2 Å². The van der Waals surface area contributed by atoms with Crippen molar-refractivity contribution in [3.05, 3.63) is 29.6 Å². The first-order valence-electron chi connectivity index (χ1n) is 7.78. The highest BCUT2D eigenvalue weighted by molar-refractivity contribution is 6.01. The number of benzene rings is 1. The molecule has 0 saturated carbocycles. The van der Waals surface area contributed by atoms with Crippen LogP contribution in [0.1, 0.15) is 24.3 Å². The number of fused-ring (bicyclic) bond motifs is 1. The van der Waals surface area contributed by atoms with Crippen molar-refractivity contribution in [2.75, 3.05) is 32.0 Å². The van der Waals surface area contributed by atoms with Gasteiger partial charge in [0.05, 0.1) is 12.5 Å². The third-order valence-electron chi connectivity index (χ3n) is 3.84. The van der Waals surface area contributed by atoms with Gasteiger partial charge >= 0.3 is 6.18 Å². The van der Waals surface area contributed by atoms with Crippen LogP contribution in [0.2, 0.25) is 0 Å². The van der Waals surface area contributed by atoms with Crippen LogP contribution in [0, 0.1) is 5.82 Å². The standard InChI is InChI=1S/C16H19F4N3O2/c1-23(9-16(18,19)20)6-2-5-21-15(25)12-8-14(24)22-13-7-10(17)3-4-11(12)13/h3-4,7,12H,2,5-6,8-9H2,1H3,(H,21,25)(H,22,24). The number of amides is 2. The van der Waals surface area contributed by atoms with Crippen LogP contribution in [0.5, 0.6) is 0 Å². The van der Waals surface area contributed by atoms with Crippen molar-refractivity contribution >= 4 is 17.5 Å². The summed E-state index contributed by atoms with van der Waals surface area (Å²) in [4.78, 5) is 25.1. The van der Waals surface area contributed by atoms with Gasteiger partial charge in [0.1, 0.15) is 5.82 Å². The van der Waals surface area contributed by atoms with Gasteiger partial charge in [-0.25, -0.2) is 4.39 Å². The fourth-order valence-corrected chi connectivity index (χ4v) is 2.74. The topological polar surface area (TPSA) is 61.4 Å². The van der Waals surface area contributed by atoms with Crippen LogP contribution in [-0.2, 0) is 9.59 Å². The predicted molar refractivity (Wildman–Crippen MR) is 83.6 cm³/mol. The maximum atomic E-state index is 13.3. The maximum absolute atomic E-state index is 13.3. The summed E-state index contributed by atoms with van der Waals surface area (Å²) in [6.07, 6.45) is -3.97. The monoisotopic (exact) mass is 361 g/mol. The lowest BCUT2D eigenvalue weighted by molar-refractivity contribution is -0.143. The number of anilines is 1. The highest BCUT2D eigenvalue weighted by atomic mass is 19.4. The van der Waals surface area contributed by atoms with Crippen LogP contribution in [0.15, 0.2) is 18.2 Å². The Balaban J connectivity index is 1.86. The van der Waals surface area contributed by atoms with E-state index in [1.54, 1.807) is 0 Å². The number of alkyl halides is 3. The lowest BCUT2D eigenvalue weighted by Crippen LogP contribution is -2.37. The smallest absolute Gasteiger partial charge is 0.356 e. The van der Waals surface area contributed by atoms with Gasteiger partial charge in [-0.3, -0.25) is 14.5 Å². The minimum Gasteiger partial charge on any atom is -0.356 e. The number of hydrogen-bond donors (Lipinski definition) is 2. The van der Waals surface area contributed by atoms with Crippen molar-refractivity contribution in [2.24, 2.45) is 0 Å². The Labute approximate surface area is 142 Å². The van der Waals surface area contributed by atoms with E-state index in [2.05, 4.69) is 10.6 Å². The Morgan fingerprint density at radius 3 is 2.80 bits per heavy atom. The number of carbonyl (C=O) groups is 2. The average molecular weight is 361 g/mol. The number of nitrogens with one attached hydrogen (secondary N) is 2. The Kier molecular flexibility index (Phi) is 5.99. The van der Waals surface area contributed by atoms with Gasteiger partial charge in [0.2, 0.25) is 11.8 Å². The van der Waals surface area contributed by atoms with Gasteiger partial charge in [0, 0.05) is 18.7 Å². The fraction of sp³-hybridized carbons (Fsp3) is 0.500. The van der Waals surface area contributed by atoms with Crippen molar-refractivity contribution in [1.29, 1.82) is 0 Å². The Morgan fingerprint density at radius 1 is 1.40 bits per heavy atom. The highest BCUT2D eigenvalue weighted by Gasteiger charge is 2.31. The molecular formula is C16H19F4N3O2. The lowest BCUT2D eigenvalue weighted by Gasteiger charge is -2.25. The molecule has 0 aliphatic carbocycles. The molecule has 0 aromatic heterocycles. The molecule has 1 heterocycles. The van der Waals surface area contributed by atoms with Crippen LogP contribution >= 0.6 is 0 Å². The normalized spacial score (nSPS) is 17.2. The molecule has 0 bridgehead atoms. The van der Waals surface area contributed by atoms with Crippen molar-refractivity contribution in [3.8, 4) is 0 Å². The van der Waals surface area contributed by atoms with Gasteiger partial charge < -0.3 is 10.6 Å². The number of hydrogen-bond acceptors (Lipinski definition) is 3. The zero-order chi connectivity index (χ0) is 18.6. The highest BCUT2D eigenvalue weighted by Crippen LogP contribution is 2.32. The molecular weight excluding hydrogens is 342 g/mol. The van der Waals surface area contributed by atoms with Gasteiger partial charge in [-0.2, -0.15) is 13.2 Å². The minimum absolute atomic E-state index is 0.0571. The molecule has 2 amide bonds. The van der Waals surface area contributed by atoms with Crippen molar-refractivity contribution < 1.29 is 27.2 Å². The van der Waals surface area contributed by atoms with E-state index in [0.717, 1.165) is 11.0 Å². The molecule has 1 atom stereocenters. The largest absolute Gasteiger partial charge is 0.401 e. The van der Waals surface area contributed by atoms with Gasteiger partial charge in [-0.15, -0.1) is 0 Å². The summed E-state index contributed by atoms with van der Waals surface area (Å²) in [5.74, 6) is -2.05. The number of halogens is 4. The fourth-order valence-electron chi connectivity index (χ4n) is 2.74. The van der Waals surface area contributed by atoms with Gasteiger partial charge in [-0.05, 0) is 37.7 Å². The number of carbonyl (C=O) groups excluding carboxylic acids is 2. The molecule has 1 aliphatic heterocycles. The molecule has 0 radical (unpaired) electrons. The summed E-state index contributed by atoms with van der Waals surface area (Å²) in [7, 11) is 1.35. The molecule has 1 aromatic rings. The van der Waals surface area contributed by atoms with Crippen molar-refractivity contribution in [3.63, 3.8) is 0 Å². The van der Waals surface area contributed by atoms with Crippen LogP contribution in [0.3, 0.4) is 0 Å². The van der Waals surface area contributed by atoms with E-state index in [1.165, 1.54) is 19.2 Å². The summed E-state index contributed by atoms with van der Waals surface area (Å²) in [6, 6.07) is 3.81. The van der Waals surface area contributed by atoms with E-state index in [-0.39, 0.29) is 31.1 Å². The second-order valence-corrected chi connectivity index (χ2v) is 6.03. The molecule has 1 aliphatic rings. The molecule has 0 spiro atoms. The van der Waals surface area contributed by atoms with Crippen LogP contribution in [-0.4, -0.2) is 49.6 Å². The van der Waals surface area contributed by atoms with E-state index < -0.39 is 30.4 Å². The molecule has 1 unspecified atom stereocenters. The molecule has 2 N–H and O–H groups in total. The van der Waals surface area contributed by atoms with E-state index in [4.69, 9.17) is 0 Å². The second kappa shape index (κ2) is 7.81. The summed E-state index contributed by atoms with van der Waals surface area (Å²) in [5.41, 5.74) is 0.786. The molecule has 0 saturated heterocycles. The zero-order valence-corrected chi connectivity index (χ0v) is 13.6. The molecule has 2 rings (SSSR count). The first-order valence-corrected chi connectivity index (χ1v) is 7.78. The van der Waals surface area contributed by atoms with E-state index in [1.807, 2.05) is 0 Å². The van der Waals surface area contributed by atoms with E-state index in [0.29, 0.717) is 12.0 Å². The van der Waals surface area contributed by atoms with Crippen LogP contribution in [0.4, 0.5) is 23.2 Å². The molecule has 1 aromatic carbocycles. The van der Waals surface area contributed by atoms with E-state index in [9.17, 15) is 27.2 Å². The molecule has 0 fully saturated rings. The zero-order valence-electron chi connectivity index (χ0n) is 13.6. The molecule has 25 heavy (non-hydrogen) atoms. The number of rotatable bonds is 6. The van der Waals surface area contributed by atoms with Crippen molar-refractivity contribution in [2.45, 2.75) is 24.9 Å². The SMILES string of the molecule is CN(CCCNC(=O)C1CC(=O)Nc2cc(F)ccc21)CC(F)(F)F. The Morgan fingerprint density at radius 2 is 2.12 bits per heavy atom. The van der Waals surface area contributed by atoms with Gasteiger partial charge in [0.25, 0.3) is 0 Å².